The van der Waals surface area contributed by atoms with Crippen molar-refractivity contribution in [3.63, 3.8) is 0 Å². The molecule has 0 saturated heterocycles. The smallest absolute Gasteiger partial charge is 0.389 e. The Balaban J connectivity index is 1.43. The maximum Gasteiger partial charge on any atom is 0.737 e. The lowest BCUT2D eigenvalue weighted by molar-refractivity contribution is -0.361. The van der Waals surface area contributed by atoms with Gasteiger partial charge in [0.15, 0.2) is 11.4 Å². The number of halogens is 2. The molecule has 4 heterocycles. The molecule has 4 aliphatic rings. The number of aromatic nitrogens is 4. The van der Waals surface area contributed by atoms with Crippen molar-refractivity contribution in [1.29, 1.82) is 0 Å². The highest BCUT2D eigenvalue weighted by Crippen LogP contribution is 2.48. The van der Waals surface area contributed by atoms with Gasteiger partial charge in [-0.25, -0.2) is 0 Å². The summed E-state index contributed by atoms with van der Waals surface area (Å²) in [5.41, 5.74) is 11.6. The van der Waals surface area contributed by atoms with Crippen LogP contribution in [0.4, 0.5) is 8.63 Å². The van der Waals surface area contributed by atoms with Crippen LogP contribution in [0.1, 0.15) is 39.9 Å². The van der Waals surface area contributed by atoms with Gasteiger partial charge in [0.25, 0.3) is 0 Å². The van der Waals surface area contributed by atoms with Crippen molar-refractivity contribution in [2.45, 2.75) is 25.7 Å². The second-order valence-electron chi connectivity index (χ2n) is 10.9. The number of allylic oxidation sites excluding steroid dienone is 2. The summed E-state index contributed by atoms with van der Waals surface area (Å²) >= 11 is 0. The van der Waals surface area contributed by atoms with E-state index in [0.29, 0.717) is 28.3 Å². The maximum absolute atomic E-state index is 17.3. The third-order valence-electron chi connectivity index (χ3n) is 8.84. The largest absolute Gasteiger partial charge is 0.737 e. The molecule has 1 N–H and O–H groups in total. The number of hydrogen-bond donors (Lipinski definition) is 1. The molecular weight excluding hydrogens is 491 g/mol. The van der Waals surface area contributed by atoms with Crippen LogP contribution in [0.3, 0.4) is 0 Å². The number of fused-ring (bicyclic) bond motifs is 10. The number of H-pyrrole nitrogens is 1. The van der Waals surface area contributed by atoms with Crippen molar-refractivity contribution in [2.24, 2.45) is 0 Å². The van der Waals surface area contributed by atoms with Crippen molar-refractivity contribution in [1.82, 2.24) is 19.9 Å². The standard InChI is InChI=1S/C31H22BF2N5/c33-32(34)38-27(16-21-11-9-18-5-1-3-7-23(18)30(21)38)29(20-13-14-25-26(15-20)36-37-35-25)28-17-22-12-10-19-6-2-4-8-24(19)31(22)39(28)32/h1-8,13-17H,9-12H2,(H,35,36,37). The molecule has 2 aliphatic heterocycles. The van der Waals surface area contributed by atoms with Gasteiger partial charge in [-0.2, -0.15) is 15.4 Å². The van der Waals surface area contributed by atoms with Crippen LogP contribution < -0.4 is 0 Å². The van der Waals surface area contributed by atoms with E-state index >= 15 is 8.63 Å². The first-order chi connectivity index (χ1) is 19.1. The fourth-order valence-electron chi connectivity index (χ4n) is 7.19. The molecule has 0 unspecified atom stereocenters. The summed E-state index contributed by atoms with van der Waals surface area (Å²) < 4.78 is 37.2. The molecule has 0 saturated carbocycles. The van der Waals surface area contributed by atoms with Gasteiger partial charge in [0, 0.05) is 28.6 Å². The predicted molar refractivity (Wildman–Crippen MR) is 148 cm³/mol. The molecule has 0 amide bonds. The molecule has 0 radical (unpaired) electrons. The Labute approximate surface area is 222 Å². The number of hydrogen-bond acceptors (Lipinski definition) is 2. The molecular formula is C31H22BF2N5. The van der Waals surface area contributed by atoms with Gasteiger partial charge >= 0.3 is 6.97 Å². The minimum atomic E-state index is -4.18. The molecule has 188 valence electrons. The molecule has 0 atom stereocenters. The number of rotatable bonds is 1. The Hall–Kier alpha value is -4.59. The van der Waals surface area contributed by atoms with Crippen LogP contribution in [-0.2, 0) is 19.3 Å². The summed E-state index contributed by atoms with van der Waals surface area (Å²) in [6.07, 6.45) is 5.18. The third kappa shape index (κ3) is 2.70. The van der Waals surface area contributed by atoms with Crippen LogP contribution in [0.2, 0.25) is 0 Å². The number of benzene rings is 3. The molecule has 39 heavy (non-hydrogen) atoms. The molecule has 0 bridgehead atoms. The molecule has 0 spiro atoms. The van der Waals surface area contributed by atoms with E-state index in [9.17, 15) is 0 Å². The van der Waals surface area contributed by atoms with Crippen molar-refractivity contribution >= 4 is 29.3 Å². The fraction of sp³-hybridized carbons (Fsp3) is 0.129. The van der Waals surface area contributed by atoms with Crippen molar-refractivity contribution in [3.8, 4) is 11.3 Å². The summed E-state index contributed by atoms with van der Waals surface area (Å²) in [4.78, 5) is 0. The first-order valence-corrected chi connectivity index (χ1v) is 13.5. The second kappa shape index (κ2) is 7.29. The number of aromatic amines is 1. The van der Waals surface area contributed by atoms with E-state index in [1.54, 1.807) is 0 Å². The lowest BCUT2D eigenvalue weighted by Crippen LogP contribution is -2.52. The zero-order valence-corrected chi connectivity index (χ0v) is 21.0. The van der Waals surface area contributed by atoms with Gasteiger partial charge in [-0.1, -0.05) is 48.5 Å². The summed E-state index contributed by atoms with van der Waals surface area (Å²) in [7, 11) is 0. The van der Waals surface area contributed by atoms with Gasteiger partial charge in [-0.3, -0.25) is 0 Å². The molecule has 8 heteroatoms. The molecule has 2 aliphatic carbocycles. The molecule has 0 fully saturated rings. The number of nitrogens with zero attached hydrogens (tertiary/aromatic N) is 4. The van der Waals surface area contributed by atoms with E-state index in [-0.39, 0.29) is 0 Å². The van der Waals surface area contributed by atoms with Gasteiger partial charge in [-0.05, 0) is 77.8 Å². The van der Waals surface area contributed by atoms with Crippen molar-refractivity contribution < 1.29 is 13.1 Å². The van der Waals surface area contributed by atoms with E-state index in [0.717, 1.165) is 75.7 Å². The van der Waals surface area contributed by atoms with Gasteiger partial charge in [0.2, 0.25) is 0 Å². The molecule has 2 aromatic heterocycles. The summed E-state index contributed by atoms with van der Waals surface area (Å²) in [6, 6.07) is 23.8. The van der Waals surface area contributed by atoms with E-state index in [4.69, 9.17) is 0 Å². The Morgan fingerprint density at radius 2 is 1.49 bits per heavy atom. The molecule has 3 aromatic carbocycles. The highest BCUT2D eigenvalue weighted by Gasteiger charge is 2.57. The summed E-state index contributed by atoms with van der Waals surface area (Å²) in [5.74, 6) is 0. The van der Waals surface area contributed by atoms with E-state index in [1.807, 2.05) is 66.7 Å². The van der Waals surface area contributed by atoms with E-state index < -0.39 is 6.97 Å². The molecule has 5 aromatic rings. The van der Waals surface area contributed by atoms with Crippen LogP contribution in [0.5, 0.6) is 0 Å². The monoisotopic (exact) mass is 513 g/mol. The predicted octanol–water partition coefficient (Wildman–Crippen LogP) is 5.91. The highest BCUT2D eigenvalue weighted by atomic mass is 19.2. The maximum atomic E-state index is 17.3. The zero-order valence-electron chi connectivity index (χ0n) is 21.0. The van der Waals surface area contributed by atoms with Crippen molar-refractivity contribution in [3.05, 3.63) is 124 Å². The van der Waals surface area contributed by atoms with Crippen LogP contribution in [0, 0.1) is 0 Å². The summed E-state index contributed by atoms with van der Waals surface area (Å²) in [6.45, 7) is -4.18. The lowest BCUT2D eigenvalue weighted by Gasteiger charge is -2.35. The highest BCUT2D eigenvalue weighted by molar-refractivity contribution is 6.59. The average Bonchev–Trinajstić information content (AvgIpc) is 3.68. The van der Waals surface area contributed by atoms with E-state index in [2.05, 4.69) is 27.5 Å². The minimum absolute atomic E-state index is 0.570. The van der Waals surface area contributed by atoms with Gasteiger partial charge in [0.1, 0.15) is 11.0 Å². The third-order valence-corrected chi connectivity index (χ3v) is 8.84. The van der Waals surface area contributed by atoms with Crippen LogP contribution in [0.15, 0.2) is 90.1 Å². The number of nitrogens with one attached hydrogen (secondary N) is 1. The Kier molecular flexibility index (Phi) is 3.99. The van der Waals surface area contributed by atoms with Crippen LogP contribution in [-0.4, -0.2) is 37.1 Å². The van der Waals surface area contributed by atoms with Crippen LogP contribution in [0.25, 0.3) is 27.9 Å². The zero-order chi connectivity index (χ0) is 25.9. The van der Waals surface area contributed by atoms with Crippen molar-refractivity contribution in [2.75, 3.05) is 0 Å². The van der Waals surface area contributed by atoms with Gasteiger partial charge in [-0.15, -0.1) is 0 Å². The average molecular weight is 513 g/mol. The Bertz CT molecular complexity index is 2010. The number of aryl methyl sites for hydroxylation is 3. The molecule has 9 rings (SSSR count). The van der Waals surface area contributed by atoms with Crippen LogP contribution >= 0.6 is 0 Å². The normalized spacial score (nSPS) is 18.3. The topological polar surface area (TPSA) is 49.5 Å². The first-order valence-electron chi connectivity index (χ1n) is 13.5. The lowest BCUT2D eigenvalue weighted by atomic mass is 9.82. The Morgan fingerprint density at radius 1 is 0.769 bits per heavy atom. The van der Waals surface area contributed by atoms with Gasteiger partial charge in [0.05, 0.1) is 5.57 Å². The SMILES string of the molecule is F[B-]1(F)n2c(cc3c2-c2ccccc2CC3)C(c2ccc3n[nH]nc3c2)=C2C=C3CCc4ccccc4C3=[N+]21. The van der Waals surface area contributed by atoms with Gasteiger partial charge < -0.3 is 17.6 Å². The minimum Gasteiger partial charge on any atom is -0.389 e. The second-order valence-corrected chi connectivity index (χ2v) is 10.9. The first kappa shape index (κ1) is 21.4. The molecule has 5 nitrogen and oxygen atoms in total. The Morgan fingerprint density at radius 3 is 2.36 bits per heavy atom. The fourth-order valence-corrected chi connectivity index (χ4v) is 7.19. The van der Waals surface area contributed by atoms with E-state index in [1.165, 1.54) is 8.96 Å². The summed E-state index contributed by atoms with van der Waals surface area (Å²) in [5, 5.41) is 11.2. The quantitative estimate of drug-likeness (QED) is 0.284.